The zero-order valence-corrected chi connectivity index (χ0v) is 23.4. The molecule has 0 saturated heterocycles. The molecule has 2 fully saturated rings. The topological polar surface area (TPSA) is 123 Å². The Morgan fingerprint density at radius 1 is 1.00 bits per heavy atom. The largest absolute Gasteiger partial charge is 0.416 e. The van der Waals surface area contributed by atoms with Crippen LogP contribution in [-0.2, 0) is 25.4 Å². The molecule has 0 aliphatic heterocycles. The normalized spacial score (nSPS) is 15.9. The number of alkyl halides is 6. The minimum atomic E-state index is -5.00. The first-order valence-corrected chi connectivity index (χ1v) is 13.5. The van der Waals surface area contributed by atoms with Crippen LogP contribution in [-0.4, -0.2) is 54.4 Å². The van der Waals surface area contributed by atoms with Gasteiger partial charge >= 0.3 is 12.4 Å². The molecule has 2 aliphatic rings. The molecule has 0 bridgehead atoms. The fourth-order valence-corrected chi connectivity index (χ4v) is 4.71. The number of nitrogens with two attached hydrogens (primary N) is 2. The van der Waals surface area contributed by atoms with Gasteiger partial charge in [-0.2, -0.15) is 26.3 Å². The van der Waals surface area contributed by atoms with Gasteiger partial charge in [0.05, 0.1) is 11.1 Å². The molecule has 0 unspecified atom stereocenters. The van der Waals surface area contributed by atoms with Gasteiger partial charge in [0, 0.05) is 57.6 Å². The summed E-state index contributed by atoms with van der Waals surface area (Å²) in [5.74, 6) is 7.54. The Balaban J connectivity index is 1.79. The minimum absolute atomic E-state index is 0.0697. The Morgan fingerprint density at radius 3 is 1.98 bits per heavy atom. The van der Waals surface area contributed by atoms with Gasteiger partial charge in [-0.25, -0.2) is 15.9 Å². The van der Waals surface area contributed by atoms with Gasteiger partial charge < -0.3 is 26.3 Å². The fraction of sp³-hybridized carbons (Fsp3) is 0.519. The Hall–Kier alpha value is -3.75. The number of hydrogen-bond acceptors (Lipinski definition) is 7. The Morgan fingerprint density at radius 2 is 1.55 bits per heavy atom. The molecule has 2 aromatic rings. The van der Waals surface area contributed by atoms with Crippen LogP contribution in [0.3, 0.4) is 0 Å². The number of guanidine groups is 1. The predicted octanol–water partition coefficient (Wildman–Crippen LogP) is 4.82. The molecule has 2 saturated carbocycles. The summed E-state index contributed by atoms with van der Waals surface area (Å²) in [5, 5.41) is 15.8. The predicted molar refractivity (Wildman–Crippen MR) is 149 cm³/mol. The number of benzene rings is 1. The Bertz CT molecular complexity index is 1250. The highest BCUT2D eigenvalue weighted by atomic mass is 19.4. The van der Waals surface area contributed by atoms with E-state index in [-0.39, 0.29) is 24.1 Å². The van der Waals surface area contributed by atoms with Gasteiger partial charge in [0.1, 0.15) is 11.6 Å². The van der Waals surface area contributed by atoms with Crippen LogP contribution in [0, 0.1) is 17.2 Å². The lowest BCUT2D eigenvalue weighted by molar-refractivity contribution is -0.143. The van der Waals surface area contributed by atoms with Crippen LogP contribution in [0.15, 0.2) is 29.4 Å². The van der Waals surface area contributed by atoms with E-state index in [1.165, 1.54) is 11.9 Å². The van der Waals surface area contributed by atoms with E-state index in [9.17, 15) is 26.3 Å². The van der Waals surface area contributed by atoms with Crippen molar-refractivity contribution in [2.75, 3.05) is 37.4 Å². The summed E-state index contributed by atoms with van der Waals surface area (Å²) in [6.45, 7) is 1.02. The summed E-state index contributed by atoms with van der Waals surface area (Å²) in [6.07, 6.45) is -4.49. The van der Waals surface area contributed by atoms with Crippen molar-refractivity contribution in [3.63, 3.8) is 0 Å². The monoisotopic (exact) mass is 599 g/mol. The first-order valence-electron chi connectivity index (χ1n) is 13.5. The van der Waals surface area contributed by atoms with Crippen LogP contribution < -0.4 is 21.8 Å². The molecular weight excluding hydrogens is 564 g/mol. The molecule has 230 valence electrons. The summed E-state index contributed by atoms with van der Waals surface area (Å²) < 4.78 is 81.4. The van der Waals surface area contributed by atoms with E-state index >= 15 is 0 Å². The van der Waals surface area contributed by atoms with E-state index in [0.29, 0.717) is 46.7 Å². The zero-order valence-electron chi connectivity index (χ0n) is 23.4. The number of hydrogen-bond donors (Lipinski definition) is 4. The number of nitrogens with zero attached hydrogens (tertiary/aromatic N) is 5. The molecule has 42 heavy (non-hydrogen) atoms. The lowest BCUT2D eigenvalue weighted by Gasteiger charge is -2.30. The van der Waals surface area contributed by atoms with Gasteiger partial charge in [-0.3, -0.25) is 0 Å². The van der Waals surface area contributed by atoms with Crippen molar-refractivity contribution in [2.24, 2.45) is 28.5 Å². The van der Waals surface area contributed by atoms with E-state index in [1.807, 2.05) is 0 Å². The quantitative estimate of drug-likeness (QED) is 0.0907. The Labute approximate surface area is 240 Å². The average Bonchev–Trinajstić information content (AvgIpc) is 3.83. The number of hydrazine groups is 1. The van der Waals surface area contributed by atoms with Crippen molar-refractivity contribution in [2.45, 2.75) is 51.1 Å². The maximum absolute atomic E-state index is 13.6. The number of rotatable bonds is 12. The van der Waals surface area contributed by atoms with Crippen molar-refractivity contribution in [1.29, 1.82) is 5.41 Å². The average molecular weight is 600 g/mol. The second-order valence-corrected chi connectivity index (χ2v) is 10.9. The minimum Gasteiger partial charge on any atom is -0.373 e. The fourth-order valence-electron chi connectivity index (χ4n) is 4.71. The lowest BCUT2D eigenvalue weighted by Crippen LogP contribution is -2.40. The van der Waals surface area contributed by atoms with Crippen molar-refractivity contribution >= 4 is 23.8 Å². The standard InChI is InChI=1S/C27H35F6N9/c1-37-23-19(11-34)9-20(24(38-23)41(12-16-3-4-16)13-17-5-6-17)15-42(25(35)39-40(2)36)14-18-7-21(26(28,29)30)10-22(8-18)27(31,32)33/h7-11,16-17,34H,3-6,12-15,36H2,1-2H3,(H2,35,39)(H,37,38). The second kappa shape index (κ2) is 12.2. The highest BCUT2D eigenvalue weighted by Gasteiger charge is 2.37. The van der Waals surface area contributed by atoms with E-state index < -0.39 is 30.0 Å². The van der Waals surface area contributed by atoms with Crippen molar-refractivity contribution < 1.29 is 26.3 Å². The lowest BCUT2D eigenvalue weighted by atomic mass is 10.0. The van der Waals surface area contributed by atoms with E-state index in [2.05, 4.69) is 15.3 Å². The van der Waals surface area contributed by atoms with Crippen molar-refractivity contribution in [1.82, 2.24) is 15.0 Å². The van der Waals surface area contributed by atoms with Crippen LogP contribution in [0.25, 0.3) is 0 Å². The number of halogens is 6. The molecular formula is C27H35F6N9. The Kier molecular flexibility index (Phi) is 9.09. The van der Waals surface area contributed by atoms with Crippen LogP contribution in [0.2, 0.25) is 0 Å². The SMILES string of the molecule is CNc1nc(N(CC2CC2)CC2CC2)c(CN(Cc2cc(C(F)(F)F)cc(C(F)(F)F)c2)/C(N)=N/N(C)N)cc1C=N. The summed E-state index contributed by atoms with van der Waals surface area (Å²) in [5.41, 5.74) is 4.15. The molecule has 1 aromatic heterocycles. The molecule has 0 amide bonds. The summed E-state index contributed by atoms with van der Waals surface area (Å²) in [6, 6.07) is 3.15. The number of hydrazone groups is 1. The molecule has 2 aliphatic carbocycles. The molecule has 6 N–H and O–H groups in total. The van der Waals surface area contributed by atoms with Gasteiger partial charge in [-0.15, -0.1) is 5.10 Å². The first-order chi connectivity index (χ1) is 19.7. The number of pyridine rings is 1. The van der Waals surface area contributed by atoms with Gasteiger partial charge in [-0.1, -0.05) is 0 Å². The molecule has 0 atom stereocenters. The summed E-state index contributed by atoms with van der Waals surface area (Å²) in [7, 11) is 3.07. The van der Waals surface area contributed by atoms with Crippen LogP contribution in [0.1, 0.15) is 53.5 Å². The van der Waals surface area contributed by atoms with E-state index in [4.69, 9.17) is 22.0 Å². The third-order valence-corrected chi connectivity index (χ3v) is 7.12. The zero-order chi connectivity index (χ0) is 30.8. The molecule has 1 heterocycles. The van der Waals surface area contributed by atoms with Gasteiger partial charge in [-0.05, 0) is 67.3 Å². The third-order valence-electron chi connectivity index (χ3n) is 7.12. The van der Waals surface area contributed by atoms with Crippen molar-refractivity contribution in [3.8, 4) is 0 Å². The summed E-state index contributed by atoms with van der Waals surface area (Å²) in [4.78, 5) is 8.35. The molecule has 0 spiro atoms. The molecule has 4 rings (SSSR count). The maximum atomic E-state index is 13.6. The third kappa shape index (κ3) is 8.17. The number of anilines is 2. The highest BCUT2D eigenvalue weighted by Crippen LogP contribution is 2.39. The second-order valence-electron chi connectivity index (χ2n) is 10.9. The highest BCUT2D eigenvalue weighted by molar-refractivity contribution is 5.86. The maximum Gasteiger partial charge on any atom is 0.416 e. The number of aromatic nitrogens is 1. The number of nitrogens with one attached hydrogen (secondary N) is 2. The van der Waals surface area contributed by atoms with E-state index in [1.54, 1.807) is 13.1 Å². The van der Waals surface area contributed by atoms with Crippen molar-refractivity contribution in [3.05, 3.63) is 52.1 Å². The molecule has 9 nitrogen and oxygen atoms in total. The van der Waals surface area contributed by atoms with Crippen LogP contribution in [0.4, 0.5) is 38.0 Å². The summed E-state index contributed by atoms with van der Waals surface area (Å²) >= 11 is 0. The van der Waals surface area contributed by atoms with Gasteiger partial charge in [0.15, 0.2) is 0 Å². The van der Waals surface area contributed by atoms with Gasteiger partial charge in [0.25, 0.3) is 0 Å². The molecule has 1 aromatic carbocycles. The van der Waals surface area contributed by atoms with Gasteiger partial charge in [0.2, 0.25) is 5.96 Å². The first kappa shape index (κ1) is 31.2. The van der Waals surface area contributed by atoms with Crippen LogP contribution >= 0.6 is 0 Å². The van der Waals surface area contributed by atoms with Crippen LogP contribution in [0.5, 0.6) is 0 Å². The van der Waals surface area contributed by atoms with E-state index in [0.717, 1.165) is 50.1 Å². The molecule has 15 heteroatoms. The molecule has 0 radical (unpaired) electrons. The smallest absolute Gasteiger partial charge is 0.373 e.